The Morgan fingerprint density at radius 1 is 0.738 bits per heavy atom. The van der Waals surface area contributed by atoms with E-state index in [4.69, 9.17) is 46.4 Å². The maximum Gasteiger partial charge on any atom is 0.460 e. The van der Waals surface area contributed by atoms with Crippen molar-refractivity contribution in [1.82, 2.24) is 0 Å². The van der Waals surface area contributed by atoms with E-state index in [1.165, 1.54) is 0 Å². The molecule has 1 amide bonds. The van der Waals surface area contributed by atoms with E-state index in [-0.39, 0.29) is 6.07 Å². The lowest BCUT2D eigenvalue weighted by atomic mass is 10.0. The molecule has 7 nitrogen and oxygen atoms in total. The molecule has 0 heterocycles. The zero-order valence-corrected chi connectivity index (χ0v) is 22.7. The third-order valence-corrected chi connectivity index (χ3v) is 7.93. The number of aromatic carboxylic acids is 1. The van der Waals surface area contributed by atoms with Crippen LogP contribution in [0.5, 0.6) is 5.75 Å². The first-order chi connectivity index (χ1) is 18.7. The maximum absolute atomic E-state index is 14.1. The number of carbonyl (C=O) groups is 2. The number of carboxylic acid groups (broad SMARTS) is 1. The maximum atomic E-state index is 14.1. The van der Waals surface area contributed by atoms with Gasteiger partial charge < -0.3 is 14.6 Å². The van der Waals surface area contributed by atoms with Gasteiger partial charge in [-0.2, -0.15) is 56.7 Å². The lowest BCUT2D eigenvalue weighted by Crippen LogP contribution is -2.68. The van der Waals surface area contributed by atoms with Crippen LogP contribution in [0.25, 0.3) is 0 Å². The fraction of sp³-hybridized carbons (Fsp3) is 0.263. The lowest BCUT2D eigenvalue weighted by Gasteiger charge is -2.36. The molecule has 0 aliphatic carbocycles. The number of hydrogen-bond acceptors (Lipinski definition) is 5. The van der Waals surface area contributed by atoms with E-state index in [2.05, 4.69) is 4.18 Å². The quantitative estimate of drug-likeness (QED) is 0.117. The number of carboxylic acids is 1. The van der Waals surface area contributed by atoms with Gasteiger partial charge in [-0.05, 0) is 12.1 Å². The predicted molar refractivity (Wildman–Crippen MR) is 123 cm³/mol. The summed E-state index contributed by atoms with van der Waals surface area (Å²) in [6.45, 7) is 0. The lowest BCUT2D eigenvalue weighted by molar-refractivity contribution is -0.413. The molecular formula is C19H6Cl4F11NO6S. The molecule has 23 heteroatoms. The fourth-order valence-electron chi connectivity index (χ4n) is 2.76. The number of rotatable bonds is 9. The topological polar surface area (TPSA) is 110 Å². The molecule has 0 fully saturated rings. The Hall–Kier alpha value is -2.48. The summed E-state index contributed by atoms with van der Waals surface area (Å²) >= 11 is 23.1. The number of hydrogen-bond donors (Lipinski definition) is 2. The Morgan fingerprint density at radius 2 is 1.21 bits per heavy atom. The van der Waals surface area contributed by atoms with Crippen LogP contribution in [-0.4, -0.2) is 54.6 Å². The van der Waals surface area contributed by atoms with Crippen LogP contribution in [0, 0.1) is 0 Å². The average Bonchev–Trinajstić information content (AvgIpc) is 2.83. The van der Waals surface area contributed by atoms with Gasteiger partial charge in [-0.1, -0.05) is 52.5 Å². The van der Waals surface area contributed by atoms with Crippen LogP contribution in [0.1, 0.15) is 20.7 Å². The molecule has 0 aliphatic heterocycles. The van der Waals surface area contributed by atoms with Gasteiger partial charge in [-0.15, -0.1) is 0 Å². The summed E-state index contributed by atoms with van der Waals surface area (Å²) in [5, 5.41) is 0.935. The number of nitrogens with one attached hydrogen (secondary N) is 1. The molecule has 42 heavy (non-hydrogen) atoms. The summed E-state index contributed by atoms with van der Waals surface area (Å²) in [4.78, 5) is 24.3. The summed E-state index contributed by atoms with van der Waals surface area (Å²) in [5.74, 6) is -28.7. The standard InChI is InChI=1S/C19H6Cl4F11NO6S/c20-9-7(8(14(37)38)10(21)12(23)11(9)22)13(36)35-5-2-1-3-6(4-5)41-42(39,40)19(33,34)17(28,29)15(24,25)16(26,27)18(30,31)32/h1-4H,(H,35,36)(H,37,38). The molecule has 0 spiro atoms. The number of halogens is 15. The van der Waals surface area contributed by atoms with Crippen molar-refractivity contribution in [2.24, 2.45) is 0 Å². The summed E-state index contributed by atoms with van der Waals surface area (Å²) in [5.41, 5.74) is -2.74. The third kappa shape index (κ3) is 5.72. The largest absolute Gasteiger partial charge is 0.478 e. The average molecular weight is 727 g/mol. The number of amides is 1. The van der Waals surface area contributed by atoms with Crippen LogP contribution in [0.2, 0.25) is 20.1 Å². The van der Waals surface area contributed by atoms with Gasteiger partial charge in [0.25, 0.3) is 5.91 Å². The van der Waals surface area contributed by atoms with Crippen LogP contribution < -0.4 is 9.50 Å². The molecule has 0 unspecified atom stereocenters. The second-order valence-electron chi connectivity index (χ2n) is 7.57. The van der Waals surface area contributed by atoms with Crippen molar-refractivity contribution < 1.29 is 75.6 Å². The van der Waals surface area contributed by atoms with Crippen molar-refractivity contribution in [2.45, 2.75) is 29.2 Å². The minimum absolute atomic E-state index is 0.208. The smallest absolute Gasteiger partial charge is 0.460 e. The van der Waals surface area contributed by atoms with Crippen LogP contribution >= 0.6 is 46.4 Å². The highest BCUT2D eigenvalue weighted by molar-refractivity contribution is 7.88. The molecule has 0 saturated carbocycles. The predicted octanol–water partition coefficient (Wildman–Crippen LogP) is 8.02. The normalized spacial score (nSPS) is 13.6. The zero-order valence-electron chi connectivity index (χ0n) is 18.9. The monoisotopic (exact) mass is 725 g/mol. The molecule has 234 valence electrons. The van der Waals surface area contributed by atoms with Crippen LogP contribution in [-0.2, 0) is 10.1 Å². The van der Waals surface area contributed by atoms with E-state index in [9.17, 15) is 71.4 Å². The Kier molecular flexibility index (Phi) is 9.54. The van der Waals surface area contributed by atoms with Gasteiger partial charge in [0.05, 0.1) is 31.2 Å². The number of benzene rings is 2. The Bertz CT molecular complexity index is 1550. The number of anilines is 1. The molecule has 0 aliphatic rings. The van der Waals surface area contributed by atoms with Gasteiger partial charge in [0.15, 0.2) is 0 Å². The van der Waals surface area contributed by atoms with Crippen LogP contribution in [0.15, 0.2) is 24.3 Å². The summed E-state index contributed by atoms with van der Waals surface area (Å²) in [6.07, 6.45) is -7.53. The van der Waals surface area contributed by atoms with Crippen LogP contribution in [0.3, 0.4) is 0 Å². The van der Waals surface area contributed by atoms with E-state index in [0.29, 0.717) is 12.1 Å². The number of alkyl halides is 11. The molecule has 0 radical (unpaired) electrons. The first kappa shape index (κ1) is 35.7. The van der Waals surface area contributed by atoms with Crippen molar-refractivity contribution in [3.05, 3.63) is 55.5 Å². The van der Waals surface area contributed by atoms with Gasteiger partial charge in [0.1, 0.15) is 5.75 Å². The minimum Gasteiger partial charge on any atom is -0.478 e. The first-order valence-electron chi connectivity index (χ1n) is 9.70. The van der Waals surface area contributed by atoms with Gasteiger partial charge in [-0.3, -0.25) is 4.79 Å². The van der Waals surface area contributed by atoms with E-state index in [1.54, 1.807) is 0 Å². The van der Waals surface area contributed by atoms with E-state index < -0.39 is 93.8 Å². The molecule has 2 aromatic rings. The molecule has 2 N–H and O–H groups in total. The molecular weight excluding hydrogens is 721 g/mol. The molecule has 0 aromatic heterocycles. The van der Waals surface area contributed by atoms with Crippen molar-refractivity contribution in [3.8, 4) is 5.75 Å². The summed E-state index contributed by atoms with van der Waals surface area (Å²) in [7, 11) is -7.52. The number of carbonyl (C=O) groups excluding carboxylic acids is 1. The molecule has 0 saturated heterocycles. The molecule has 2 aromatic carbocycles. The highest BCUT2D eigenvalue weighted by Crippen LogP contribution is 2.58. The van der Waals surface area contributed by atoms with E-state index in [1.807, 2.05) is 5.32 Å². The van der Waals surface area contributed by atoms with Crippen LogP contribution in [0.4, 0.5) is 54.0 Å². The Morgan fingerprint density at radius 3 is 1.67 bits per heavy atom. The molecule has 2 rings (SSSR count). The highest BCUT2D eigenvalue weighted by Gasteiger charge is 2.90. The second kappa shape index (κ2) is 11.2. The Labute approximate surface area is 245 Å². The van der Waals surface area contributed by atoms with Gasteiger partial charge in [0, 0.05) is 11.8 Å². The summed E-state index contributed by atoms with van der Waals surface area (Å²) < 4.78 is 173. The van der Waals surface area contributed by atoms with E-state index >= 15 is 0 Å². The van der Waals surface area contributed by atoms with Crippen molar-refractivity contribution >= 4 is 74.1 Å². The van der Waals surface area contributed by atoms with Gasteiger partial charge >= 0.3 is 45.3 Å². The van der Waals surface area contributed by atoms with Gasteiger partial charge in [0.2, 0.25) is 0 Å². The zero-order chi connectivity index (χ0) is 33.0. The SMILES string of the molecule is O=C(O)c1c(Cl)c(Cl)c(Cl)c(Cl)c1C(=O)Nc1cccc(OS(=O)(=O)C(F)(F)C(F)(F)C(F)(F)C(F)(F)C(F)(F)F)c1. The third-order valence-electron chi connectivity index (χ3n) is 4.83. The molecule has 0 bridgehead atoms. The second-order valence-corrected chi connectivity index (χ2v) is 10.7. The summed E-state index contributed by atoms with van der Waals surface area (Å²) in [6, 6.07) is 1.97. The minimum atomic E-state index is -8.03. The fourth-order valence-corrected chi connectivity index (χ4v) is 4.68. The van der Waals surface area contributed by atoms with Gasteiger partial charge in [-0.25, -0.2) is 4.79 Å². The highest BCUT2D eigenvalue weighted by atomic mass is 35.5. The molecule has 0 atom stereocenters. The van der Waals surface area contributed by atoms with Crippen molar-refractivity contribution in [1.29, 1.82) is 0 Å². The first-order valence-corrected chi connectivity index (χ1v) is 12.6. The van der Waals surface area contributed by atoms with Crippen molar-refractivity contribution in [2.75, 3.05) is 5.32 Å². The Balaban J connectivity index is 2.49. The van der Waals surface area contributed by atoms with Crippen molar-refractivity contribution in [3.63, 3.8) is 0 Å². The van der Waals surface area contributed by atoms with E-state index in [0.717, 1.165) is 6.07 Å².